The van der Waals surface area contributed by atoms with Gasteiger partial charge in [-0.3, -0.25) is 4.79 Å². The van der Waals surface area contributed by atoms with Crippen molar-refractivity contribution < 1.29 is 14.3 Å². The summed E-state index contributed by atoms with van der Waals surface area (Å²) < 4.78 is 4.91. The molecule has 1 saturated heterocycles. The van der Waals surface area contributed by atoms with E-state index in [9.17, 15) is 9.59 Å². The van der Waals surface area contributed by atoms with Gasteiger partial charge in [0.1, 0.15) is 6.61 Å². The molecule has 1 N–H and O–H groups in total. The van der Waals surface area contributed by atoms with E-state index in [1.807, 2.05) is 6.92 Å². The van der Waals surface area contributed by atoms with Gasteiger partial charge < -0.3 is 19.9 Å². The molecule has 1 fully saturated rings. The Morgan fingerprint density at radius 1 is 1.12 bits per heavy atom. The first-order valence-corrected chi connectivity index (χ1v) is 9.46. The molecule has 1 heterocycles. The number of amides is 3. The Labute approximate surface area is 156 Å². The largest absolute Gasteiger partial charge is 0.375 e. The van der Waals surface area contributed by atoms with Crippen molar-refractivity contribution in [1.29, 1.82) is 0 Å². The van der Waals surface area contributed by atoms with Gasteiger partial charge in [-0.2, -0.15) is 0 Å². The Balaban J connectivity index is 1.87. The number of carbonyl (C=O) groups is 2. The molecular weight excluding hydrogens is 330 g/mol. The molecule has 1 atom stereocenters. The lowest BCUT2D eigenvalue weighted by atomic mass is 10.0. The third-order valence-corrected chi connectivity index (χ3v) is 4.76. The highest BCUT2D eigenvalue weighted by Gasteiger charge is 2.22. The van der Waals surface area contributed by atoms with Crippen molar-refractivity contribution in [3.63, 3.8) is 0 Å². The average molecular weight is 361 g/mol. The van der Waals surface area contributed by atoms with Crippen molar-refractivity contribution >= 4 is 11.9 Å². The van der Waals surface area contributed by atoms with E-state index >= 15 is 0 Å². The smallest absolute Gasteiger partial charge is 0.317 e. The number of hydrogen-bond acceptors (Lipinski definition) is 3. The number of aryl methyl sites for hydroxylation is 1. The van der Waals surface area contributed by atoms with Crippen LogP contribution in [-0.4, -0.2) is 61.6 Å². The van der Waals surface area contributed by atoms with Gasteiger partial charge in [-0.1, -0.05) is 37.6 Å². The Morgan fingerprint density at radius 2 is 1.77 bits per heavy atom. The van der Waals surface area contributed by atoms with E-state index in [2.05, 4.69) is 36.5 Å². The van der Waals surface area contributed by atoms with Crippen LogP contribution < -0.4 is 5.32 Å². The Hall–Kier alpha value is -2.08. The number of hydrogen-bond donors (Lipinski definition) is 1. The van der Waals surface area contributed by atoms with Crippen LogP contribution in [0.15, 0.2) is 24.3 Å². The summed E-state index contributed by atoms with van der Waals surface area (Å²) in [5, 5.41) is 3.07. The van der Waals surface area contributed by atoms with Gasteiger partial charge in [0, 0.05) is 33.3 Å². The lowest BCUT2D eigenvalue weighted by Gasteiger charge is -2.24. The van der Waals surface area contributed by atoms with Crippen LogP contribution in [0.2, 0.25) is 0 Å². The molecular formula is C20H31N3O3. The van der Waals surface area contributed by atoms with Gasteiger partial charge in [0.2, 0.25) is 5.91 Å². The third-order valence-electron chi connectivity index (χ3n) is 4.76. The predicted molar refractivity (Wildman–Crippen MR) is 102 cm³/mol. The van der Waals surface area contributed by atoms with Gasteiger partial charge in [0.15, 0.2) is 0 Å². The minimum Gasteiger partial charge on any atom is -0.375 e. The molecule has 0 spiro atoms. The maximum atomic E-state index is 12.6. The maximum absolute atomic E-state index is 12.6. The highest BCUT2D eigenvalue weighted by Crippen LogP contribution is 2.15. The summed E-state index contributed by atoms with van der Waals surface area (Å²) in [5.74, 6) is -0.0182. The van der Waals surface area contributed by atoms with E-state index in [0.717, 1.165) is 24.8 Å². The number of ether oxygens (including phenoxy) is 1. The third kappa shape index (κ3) is 5.73. The molecule has 26 heavy (non-hydrogen) atoms. The molecule has 6 nitrogen and oxygen atoms in total. The number of nitrogens with zero attached hydrogens (tertiary/aromatic N) is 2. The molecule has 0 aliphatic carbocycles. The van der Waals surface area contributed by atoms with Crippen LogP contribution in [-0.2, 0) is 16.0 Å². The van der Waals surface area contributed by atoms with E-state index in [0.29, 0.717) is 26.2 Å². The van der Waals surface area contributed by atoms with E-state index in [4.69, 9.17) is 4.74 Å². The van der Waals surface area contributed by atoms with E-state index in [1.165, 1.54) is 12.7 Å². The SMILES string of the molecule is CCCc1ccc([C@@H](C)NC(=O)N2CCCN(C(=O)COC)CC2)cc1. The molecule has 0 unspecified atom stereocenters. The van der Waals surface area contributed by atoms with Crippen molar-refractivity contribution in [2.24, 2.45) is 0 Å². The van der Waals surface area contributed by atoms with Crippen LogP contribution in [0.5, 0.6) is 0 Å². The highest BCUT2D eigenvalue weighted by atomic mass is 16.5. The lowest BCUT2D eigenvalue weighted by molar-refractivity contribution is -0.135. The summed E-state index contributed by atoms with van der Waals surface area (Å²) in [6.45, 7) is 6.68. The Morgan fingerprint density at radius 3 is 2.42 bits per heavy atom. The molecule has 3 amide bonds. The van der Waals surface area contributed by atoms with Crippen LogP contribution in [0, 0.1) is 0 Å². The Bertz CT molecular complexity index is 588. The van der Waals surface area contributed by atoms with Gasteiger partial charge in [0.05, 0.1) is 6.04 Å². The molecule has 144 valence electrons. The fraction of sp³-hybridized carbons (Fsp3) is 0.600. The number of nitrogens with one attached hydrogen (secondary N) is 1. The minimum atomic E-state index is -0.0730. The van der Waals surface area contributed by atoms with Crippen LogP contribution in [0.4, 0.5) is 4.79 Å². The zero-order valence-electron chi connectivity index (χ0n) is 16.2. The molecule has 1 aliphatic rings. The normalized spacial score (nSPS) is 16.1. The lowest BCUT2D eigenvalue weighted by Crippen LogP contribution is -2.43. The molecule has 1 aromatic rings. The summed E-state index contributed by atoms with van der Waals surface area (Å²) in [6, 6.07) is 8.32. The first-order valence-electron chi connectivity index (χ1n) is 9.46. The fourth-order valence-corrected chi connectivity index (χ4v) is 3.21. The average Bonchev–Trinajstić information content (AvgIpc) is 2.89. The summed E-state index contributed by atoms with van der Waals surface area (Å²) in [6.07, 6.45) is 2.99. The molecule has 0 radical (unpaired) electrons. The van der Waals surface area contributed by atoms with Crippen molar-refractivity contribution in [2.45, 2.75) is 39.2 Å². The van der Waals surface area contributed by atoms with Crippen molar-refractivity contribution in [1.82, 2.24) is 15.1 Å². The van der Waals surface area contributed by atoms with Gasteiger partial charge in [-0.25, -0.2) is 4.79 Å². The first kappa shape index (κ1) is 20.2. The van der Waals surface area contributed by atoms with E-state index < -0.39 is 0 Å². The van der Waals surface area contributed by atoms with Crippen molar-refractivity contribution in [3.8, 4) is 0 Å². The second kappa shape index (κ2) is 10.2. The number of methoxy groups -OCH3 is 1. The summed E-state index contributed by atoms with van der Waals surface area (Å²) in [4.78, 5) is 28.1. The number of rotatable bonds is 6. The fourth-order valence-electron chi connectivity index (χ4n) is 3.21. The van der Waals surface area contributed by atoms with Gasteiger partial charge in [-0.15, -0.1) is 0 Å². The molecule has 1 aliphatic heterocycles. The van der Waals surface area contributed by atoms with Crippen LogP contribution in [0.25, 0.3) is 0 Å². The molecule has 1 aromatic carbocycles. The van der Waals surface area contributed by atoms with Gasteiger partial charge in [-0.05, 0) is 30.9 Å². The van der Waals surface area contributed by atoms with Gasteiger partial charge in [0.25, 0.3) is 0 Å². The molecule has 0 saturated carbocycles. The second-order valence-electron chi connectivity index (χ2n) is 6.82. The topological polar surface area (TPSA) is 61.9 Å². The standard InChI is InChI=1S/C20H31N3O3/c1-4-6-17-7-9-18(10-8-17)16(2)21-20(25)23-12-5-11-22(13-14-23)19(24)15-26-3/h7-10,16H,4-6,11-15H2,1-3H3,(H,21,25)/t16-/m1/s1. The summed E-state index contributed by atoms with van der Waals surface area (Å²) in [7, 11) is 1.52. The minimum absolute atomic E-state index is 0.0182. The molecule has 2 rings (SSSR count). The van der Waals surface area contributed by atoms with Crippen molar-refractivity contribution in [3.05, 3.63) is 35.4 Å². The zero-order chi connectivity index (χ0) is 18.9. The number of urea groups is 1. The number of carbonyl (C=O) groups excluding carboxylic acids is 2. The quantitative estimate of drug-likeness (QED) is 0.847. The predicted octanol–water partition coefficient (Wildman–Crippen LogP) is 2.59. The van der Waals surface area contributed by atoms with E-state index in [1.54, 1.807) is 9.80 Å². The summed E-state index contributed by atoms with van der Waals surface area (Å²) in [5.41, 5.74) is 2.42. The van der Waals surface area contributed by atoms with E-state index in [-0.39, 0.29) is 24.6 Å². The molecule has 6 heteroatoms. The van der Waals surface area contributed by atoms with Crippen LogP contribution in [0.3, 0.4) is 0 Å². The first-order chi connectivity index (χ1) is 12.5. The van der Waals surface area contributed by atoms with Crippen molar-refractivity contribution in [2.75, 3.05) is 39.9 Å². The molecule has 0 bridgehead atoms. The summed E-state index contributed by atoms with van der Waals surface area (Å²) >= 11 is 0. The highest BCUT2D eigenvalue weighted by molar-refractivity contribution is 5.78. The van der Waals surface area contributed by atoms with Gasteiger partial charge >= 0.3 is 6.03 Å². The van der Waals surface area contributed by atoms with Crippen LogP contribution in [0.1, 0.15) is 43.9 Å². The Kier molecular flexibility index (Phi) is 7.91. The van der Waals surface area contributed by atoms with Crippen LogP contribution >= 0.6 is 0 Å². The second-order valence-corrected chi connectivity index (χ2v) is 6.82. The monoisotopic (exact) mass is 361 g/mol. The molecule has 0 aromatic heterocycles. The maximum Gasteiger partial charge on any atom is 0.317 e. The number of benzene rings is 1. The zero-order valence-corrected chi connectivity index (χ0v) is 16.2.